The highest BCUT2D eigenvalue weighted by atomic mass is 16.2. The van der Waals surface area contributed by atoms with Gasteiger partial charge >= 0.3 is 0 Å². The summed E-state index contributed by atoms with van der Waals surface area (Å²) >= 11 is 0. The SMILES string of the molecule is Cc1cc(C(=O)Nc2ccc(-n3ccc(C(N)=O)n3)cc2)c2cnn(C(C)C)c2n1. The minimum Gasteiger partial charge on any atom is -0.364 e. The molecule has 0 spiro atoms. The van der Waals surface area contributed by atoms with Gasteiger partial charge in [-0.3, -0.25) is 9.59 Å². The quantitative estimate of drug-likeness (QED) is 0.531. The molecule has 30 heavy (non-hydrogen) atoms. The molecule has 0 saturated heterocycles. The van der Waals surface area contributed by atoms with E-state index in [1.807, 2.05) is 20.8 Å². The summed E-state index contributed by atoms with van der Waals surface area (Å²) in [6.07, 6.45) is 3.32. The van der Waals surface area contributed by atoms with Gasteiger partial charge in [-0.15, -0.1) is 0 Å². The number of aryl methyl sites for hydroxylation is 1. The summed E-state index contributed by atoms with van der Waals surface area (Å²) in [5.41, 5.74) is 8.74. The summed E-state index contributed by atoms with van der Waals surface area (Å²) < 4.78 is 3.35. The molecule has 0 fully saturated rings. The topological polar surface area (TPSA) is 121 Å². The molecule has 4 aromatic rings. The Bertz CT molecular complexity index is 1250. The van der Waals surface area contributed by atoms with Crippen LogP contribution >= 0.6 is 0 Å². The summed E-state index contributed by atoms with van der Waals surface area (Å²) in [6, 6.07) is 10.6. The normalized spacial score (nSPS) is 11.2. The number of benzene rings is 1. The highest BCUT2D eigenvalue weighted by molar-refractivity contribution is 6.12. The fraction of sp³-hybridized carbons (Fsp3) is 0.190. The van der Waals surface area contributed by atoms with Gasteiger partial charge in [-0.1, -0.05) is 0 Å². The summed E-state index contributed by atoms with van der Waals surface area (Å²) in [5.74, 6) is -0.825. The number of anilines is 1. The number of carbonyl (C=O) groups excluding carboxylic acids is 2. The van der Waals surface area contributed by atoms with Crippen molar-refractivity contribution in [2.45, 2.75) is 26.8 Å². The van der Waals surface area contributed by atoms with Gasteiger partial charge in [-0.05, 0) is 57.2 Å². The molecule has 152 valence electrons. The first-order chi connectivity index (χ1) is 14.3. The van der Waals surface area contributed by atoms with E-state index in [9.17, 15) is 9.59 Å². The molecule has 2 amide bonds. The van der Waals surface area contributed by atoms with Crippen LogP contribution in [-0.4, -0.2) is 36.4 Å². The van der Waals surface area contributed by atoms with E-state index in [1.165, 1.54) is 0 Å². The number of primary amides is 1. The van der Waals surface area contributed by atoms with E-state index in [1.54, 1.807) is 58.2 Å². The van der Waals surface area contributed by atoms with Crippen LogP contribution in [0.5, 0.6) is 0 Å². The van der Waals surface area contributed by atoms with E-state index in [0.29, 0.717) is 22.3 Å². The molecule has 0 aliphatic carbocycles. The summed E-state index contributed by atoms with van der Waals surface area (Å²) in [6.45, 7) is 5.89. The maximum atomic E-state index is 12.9. The molecule has 0 bridgehead atoms. The Kier molecular flexibility index (Phi) is 4.78. The number of aromatic nitrogens is 5. The number of hydrogen-bond donors (Lipinski definition) is 2. The minimum absolute atomic E-state index is 0.137. The zero-order valence-electron chi connectivity index (χ0n) is 16.8. The lowest BCUT2D eigenvalue weighted by molar-refractivity contribution is 0.0993. The fourth-order valence-corrected chi connectivity index (χ4v) is 3.20. The number of nitrogens with one attached hydrogen (secondary N) is 1. The second kappa shape index (κ2) is 7.43. The molecular weight excluding hydrogens is 382 g/mol. The first-order valence-electron chi connectivity index (χ1n) is 9.45. The Morgan fingerprint density at radius 1 is 1.13 bits per heavy atom. The van der Waals surface area contributed by atoms with Crippen molar-refractivity contribution in [2.75, 3.05) is 5.32 Å². The Balaban J connectivity index is 1.59. The molecule has 0 atom stereocenters. The zero-order chi connectivity index (χ0) is 21.4. The third-order valence-electron chi connectivity index (χ3n) is 4.66. The Labute approximate surface area is 172 Å². The van der Waals surface area contributed by atoms with Gasteiger partial charge in [0, 0.05) is 23.6 Å². The third kappa shape index (κ3) is 3.52. The molecule has 3 heterocycles. The number of amides is 2. The van der Waals surface area contributed by atoms with Crippen LogP contribution in [0.25, 0.3) is 16.7 Å². The monoisotopic (exact) mass is 403 g/mol. The van der Waals surface area contributed by atoms with E-state index in [2.05, 4.69) is 20.5 Å². The molecule has 0 radical (unpaired) electrons. The van der Waals surface area contributed by atoms with Crippen LogP contribution < -0.4 is 11.1 Å². The van der Waals surface area contributed by atoms with Crippen molar-refractivity contribution in [1.29, 1.82) is 0 Å². The standard InChI is InChI=1S/C21H21N7O2/c1-12(2)28-20-17(11-23-28)16(10-13(3)24-20)21(30)25-14-4-6-15(7-5-14)27-9-8-18(26-27)19(22)29/h4-12H,1-3H3,(H2,22,29)(H,25,30). The lowest BCUT2D eigenvalue weighted by atomic mass is 10.1. The Morgan fingerprint density at radius 3 is 2.50 bits per heavy atom. The average Bonchev–Trinajstić information content (AvgIpc) is 3.35. The summed E-state index contributed by atoms with van der Waals surface area (Å²) in [4.78, 5) is 28.7. The van der Waals surface area contributed by atoms with E-state index in [4.69, 9.17) is 5.73 Å². The van der Waals surface area contributed by atoms with Crippen LogP contribution in [0.2, 0.25) is 0 Å². The van der Waals surface area contributed by atoms with Crippen LogP contribution in [0.1, 0.15) is 46.4 Å². The molecule has 0 saturated carbocycles. The second-order valence-corrected chi connectivity index (χ2v) is 7.24. The highest BCUT2D eigenvalue weighted by Gasteiger charge is 2.17. The molecule has 3 aromatic heterocycles. The second-order valence-electron chi connectivity index (χ2n) is 7.24. The van der Waals surface area contributed by atoms with Gasteiger partial charge in [0.2, 0.25) is 0 Å². The van der Waals surface area contributed by atoms with E-state index < -0.39 is 5.91 Å². The number of carbonyl (C=O) groups is 2. The number of hydrogen-bond acceptors (Lipinski definition) is 5. The van der Waals surface area contributed by atoms with Gasteiger partial charge in [0.05, 0.1) is 22.8 Å². The van der Waals surface area contributed by atoms with Gasteiger partial charge in [0.1, 0.15) is 5.69 Å². The Morgan fingerprint density at radius 2 is 1.87 bits per heavy atom. The number of rotatable bonds is 5. The number of nitrogens with zero attached hydrogens (tertiary/aromatic N) is 5. The highest BCUT2D eigenvalue weighted by Crippen LogP contribution is 2.22. The maximum absolute atomic E-state index is 12.9. The molecule has 0 aliphatic rings. The van der Waals surface area contributed by atoms with Crippen LogP contribution in [-0.2, 0) is 0 Å². The molecule has 0 unspecified atom stereocenters. The van der Waals surface area contributed by atoms with Crippen molar-refractivity contribution < 1.29 is 9.59 Å². The largest absolute Gasteiger partial charge is 0.364 e. The number of nitrogens with two attached hydrogens (primary N) is 1. The van der Waals surface area contributed by atoms with Gasteiger partial charge < -0.3 is 11.1 Å². The van der Waals surface area contributed by atoms with Gasteiger partial charge in [-0.2, -0.15) is 10.2 Å². The first-order valence-corrected chi connectivity index (χ1v) is 9.45. The van der Waals surface area contributed by atoms with E-state index in [0.717, 1.165) is 11.4 Å². The predicted molar refractivity (Wildman–Crippen MR) is 113 cm³/mol. The smallest absolute Gasteiger partial charge is 0.269 e. The fourth-order valence-electron chi connectivity index (χ4n) is 3.20. The zero-order valence-corrected chi connectivity index (χ0v) is 16.8. The van der Waals surface area contributed by atoms with Gasteiger partial charge in [0.15, 0.2) is 5.65 Å². The van der Waals surface area contributed by atoms with Crippen molar-refractivity contribution in [3.05, 3.63) is 65.7 Å². The van der Waals surface area contributed by atoms with Crippen LogP contribution in [0.3, 0.4) is 0 Å². The molecule has 3 N–H and O–H groups in total. The molecule has 9 nitrogen and oxygen atoms in total. The summed E-state index contributed by atoms with van der Waals surface area (Å²) in [7, 11) is 0. The van der Waals surface area contributed by atoms with E-state index in [-0.39, 0.29) is 17.6 Å². The summed E-state index contributed by atoms with van der Waals surface area (Å²) in [5, 5.41) is 12.1. The molecule has 4 rings (SSSR count). The maximum Gasteiger partial charge on any atom is 0.269 e. The lowest BCUT2D eigenvalue weighted by Gasteiger charge is -2.10. The van der Waals surface area contributed by atoms with Crippen molar-refractivity contribution in [3.8, 4) is 5.69 Å². The van der Waals surface area contributed by atoms with Crippen LogP contribution in [0, 0.1) is 6.92 Å². The lowest BCUT2D eigenvalue weighted by Crippen LogP contribution is -2.13. The first kappa shape index (κ1) is 19.3. The number of pyridine rings is 1. The van der Waals surface area contributed by atoms with Crippen molar-refractivity contribution >= 4 is 28.5 Å². The molecular formula is C21H21N7O2. The van der Waals surface area contributed by atoms with Crippen molar-refractivity contribution in [3.63, 3.8) is 0 Å². The van der Waals surface area contributed by atoms with Crippen molar-refractivity contribution in [1.82, 2.24) is 24.5 Å². The van der Waals surface area contributed by atoms with Gasteiger partial charge in [-0.25, -0.2) is 14.3 Å². The molecule has 9 heteroatoms. The third-order valence-corrected chi connectivity index (χ3v) is 4.66. The average molecular weight is 403 g/mol. The minimum atomic E-state index is -0.586. The van der Waals surface area contributed by atoms with Crippen molar-refractivity contribution in [2.24, 2.45) is 5.73 Å². The predicted octanol–water partition coefficient (Wildman–Crippen LogP) is 2.86. The number of fused-ring (bicyclic) bond motifs is 1. The Hall–Kier alpha value is -4.01. The van der Waals surface area contributed by atoms with Crippen LogP contribution in [0.15, 0.2) is 48.8 Å². The molecule has 1 aromatic carbocycles. The van der Waals surface area contributed by atoms with E-state index >= 15 is 0 Å². The van der Waals surface area contributed by atoms with Crippen LogP contribution in [0.4, 0.5) is 5.69 Å². The van der Waals surface area contributed by atoms with Gasteiger partial charge in [0.25, 0.3) is 11.8 Å². The molecule has 0 aliphatic heterocycles.